The number of aliphatic hydroxyl groups excluding tert-OH is 1. The smallest absolute Gasteiger partial charge is 0.0515 e. The van der Waals surface area contributed by atoms with Crippen LogP contribution in [0.4, 0.5) is 5.69 Å². The van der Waals surface area contributed by atoms with Gasteiger partial charge in [-0.1, -0.05) is 19.1 Å². The van der Waals surface area contributed by atoms with Crippen LogP contribution >= 0.6 is 0 Å². The van der Waals surface area contributed by atoms with Crippen molar-refractivity contribution < 1.29 is 5.11 Å². The molecule has 0 aromatic heterocycles. The molecular weight excluding hydrogens is 272 g/mol. The molecule has 0 aliphatic carbocycles. The summed E-state index contributed by atoms with van der Waals surface area (Å²) in [4.78, 5) is 5.01. The molecule has 3 atom stereocenters. The minimum Gasteiger partial charge on any atom is -0.393 e. The highest BCUT2D eigenvalue weighted by atomic mass is 16.3. The van der Waals surface area contributed by atoms with Gasteiger partial charge in [-0.3, -0.25) is 0 Å². The van der Waals surface area contributed by atoms with E-state index >= 15 is 0 Å². The Labute approximate surface area is 134 Å². The molecule has 0 amide bonds. The van der Waals surface area contributed by atoms with Crippen LogP contribution in [-0.4, -0.2) is 48.8 Å². The summed E-state index contributed by atoms with van der Waals surface area (Å²) in [5.74, 6) is 1.15. The normalized spacial score (nSPS) is 27.5. The number of anilines is 1. The zero-order chi connectivity index (χ0) is 15.5. The molecular formula is C19H30N2O. The third kappa shape index (κ3) is 3.47. The number of hydrogen-bond acceptors (Lipinski definition) is 3. The zero-order valence-electron chi connectivity index (χ0n) is 14.0. The van der Waals surface area contributed by atoms with E-state index < -0.39 is 0 Å². The van der Waals surface area contributed by atoms with Gasteiger partial charge in [-0.05, 0) is 56.3 Å². The average molecular weight is 302 g/mol. The first kappa shape index (κ1) is 15.8. The average Bonchev–Trinajstić information content (AvgIpc) is 3.16. The largest absolute Gasteiger partial charge is 0.393 e. The van der Waals surface area contributed by atoms with Gasteiger partial charge in [0.05, 0.1) is 6.10 Å². The Kier molecular flexibility index (Phi) is 5.04. The molecule has 1 aromatic carbocycles. The Bertz CT molecular complexity index is 465. The molecule has 0 spiro atoms. The van der Waals surface area contributed by atoms with Gasteiger partial charge in [0.15, 0.2) is 0 Å². The van der Waals surface area contributed by atoms with Crippen LogP contribution < -0.4 is 4.90 Å². The molecule has 0 radical (unpaired) electrons. The lowest BCUT2D eigenvalue weighted by Crippen LogP contribution is -2.20. The fourth-order valence-corrected chi connectivity index (χ4v) is 4.18. The molecule has 0 saturated carbocycles. The minimum absolute atomic E-state index is 0.201. The summed E-state index contributed by atoms with van der Waals surface area (Å²) < 4.78 is 0. The maximum Gasteiger partial charge on any atom is 0.0515 e. The van der Waals surface area contributed by atoms with Gasteiger partial charge in [0.2, 0.25) is 0 Å². The fraction of sp³-hybridized carbons (Fsp3) is 0.684. The summed E-state index contributed by atoms with van der Waals surface area (Å²) in [6, 6.07) is 9.25. The Hall–Kier alpha value is -1.06. The van der Waals surface area contributed by atoms with Crippen LogP contribution in [0.2, 0.25) is 0 Å². The second-order valence-electron chi connectivity index (χ2n) is 7.09. The standard InChI is InChI=1S/C19H30N2O/c1-3-20-13-17(12-15(2)22)19(14-20)16-6-8-18(9-7-16)21-10-4-5-11-21/h6-9,15,17,19,22H,3-5,10-14H2,1-2H3. The molecule has 3 rings (SSSR count). The van der Waals surface area contributed by atoms with Crippen molar-refractivity contribution in [3.63, 3.8) is 0 Å². The molecule has 3 heteroatoms. The van der Waals surface area contributed by atoms with E-state index in [0.29, 0.717) is 11.8 Å². The van der Waals surface area contributed by atoms with E-state index in [1.165, 1.54) is 37.2 Å². The Morgan fingerprint density at radius 2 is 1.82 bits per heavy atom. The van der Waals surface area contributed by atoms with E-state index in [9.17, 15) is 5.11 Å². The summed E-state index contributed by atoms with van der Waals surface area (Å²) in [5.41, 5.74) is 2.82. The van der Waals surface area contributed by atoms with Gasteiger partial charge in [0, 0.05) is 37.8 Å². The molecule has 3 unspecified atom stereocenters. The molecule has 2 aliphatic heterocycles. The van der Waals surface area contributed by atoms with Crippen molar-refractivity contribution in [2.45, 2.75) is 45.1 Å². The van der Waals surface area contributed by atoms with Crippen molar-refractivity contribution >= 4 is 5.69 Å². The topological polar surface area (TPSA) is 26.7 Å². The Balaban J connectivity index is 1.73. The summed E-state index contributed by atoms with van der Waals surface area (Å²) in [7, 11) is 0. The van der Waals surface area contributed by atoms with Crippen molar-refractivity contribution in [3.8, 4) is 0 Å². The van der Waals surface area contributed by atoms with Gasteiger partial charge < -0.3 is 14.9 Å². The number of aliphatic hydroxyl groups is 1. The van der Waals surface area contributed by atoms with Crippen LogP contribution in [0.15, 0.2) is 24.3 Å². The molecule has 0 bridgehead atoms. The monoisotopic (exact) mass is 302 g/mol. The van der Waals surface area contributed by atoms with E-state index in [4.69, 9.17) is 0 Å². The third-order valence-corrected chi connectivity index (χ3v) is 5.40. The second-order valence-corrected chi connectivity index (χ2v) is 7.09. The second kappa shape index (κ2) is 7.01. The van der Waals surface area contributed by atoms with Gasteiger partial charge in [-0.2, -0.15) is 0 Å². The fourth-order valence-electron chi connectivity index (χ4n) is 4.18. The van der Waals surface area contributed by atoms with Crippen LogP contribution in [0.5, 0.6) is 0 Å². The summed E-state index contributed by atoms with van der Waals surface area (Å²) >= 11 is 0. The maximum absolute atomic E-state index is 9.80. The lowest BCUT2D eigenvalue weighted by Gasteiger charge is -2.22. The van der Waals surface area contributed by atoms with E-state index in [1.807, 2.05) is 6.92 Å². The number of benzene rings is 1. The molecule has 22 heavy (non-hydrogen) atoms. The Morgan fingerprint density at radius 1 is 1.14 bits per heavy atom. The first-order valence-corrected chi connectivity index (χ1v) is 8.92. The lowest BCUT2D eigenvalue weighted by molar-refractivity contribution is 0.157. The van der Waals surface area contributed by atoms with Gasteiger partial charge in [0.1, 0.15) is 0 Å². The van der Waals surface area contributed by atoms with Gasteiger partial charge in [0.25, 0.3) is 0 Å². The predicted molar refractivity (Wildman–Crippen MR) is 92.5 cm³/mol. The van der Waals surface area contributed by atoms with Crippen molar-refractivity contribution in [1.29, 1.82) is 0 Å². The molecule has 2 saturated heterocycles. The van der Waals surface area contributed by atoms with Gasteiger partial charge in [-0.15, -0.1) is 0 Å². The quantitative estimate of drug-likeness (QED) is 0.905. The van der Waals surface area contributed by atoms with Crippen LogP contribution in [-0.2, 0) is 0 Å². The van der Waals surface area contributed by atoms with E-state index in [-0.39, 0.29) is 6.10 Å². The van der Waals surface area contributed by atoms with Gasteiger partial charge in [-0.25, -0.2) is 0 Å². The first-order valence-electron chi connectivity index (χ1n) is 8.92. The first-order chi connectivity index (χ1) is 10.7. The highest BCUT2D eigenvalue weighted by Crippen LogP contribution is 2.36. The van der Waals surface area contributed by atoms with E-state index in [2.05, 4.69) is 41.0 Å². The highest BCUT2D eigenvalue weighted by molar-refractivity contribution is 5.49. The van der Waals surface area contributed by atoms with Crippen molar-refractivity contribution in [3.05, 3.63) is 29.8 Å². The Morgan fingerprint density at radius 3 is 2.41 bits per heavy atom. The molecule has 122 valence electrons. The van der Waals surface area contributed by atoms with Crippen LogP contribution in [0.1, 0.15) is 44.6 Å². The van der Waals surface area contributed by atoms with E-state index in [0.717, 1.165) is 26.1 Å². The number of hydrogen-bond donors (Lipinski definition) is 1. The maximum atomic E-state index is 9.80. The summed E-state index contributed by atoms with van der Waals surface area (Å²) in [6.45, 7) is 9.93. The third-order valence-electron chi connectivity index (χ3n) is 5.40. The number of rotatable bonds is 5. The zero-order valence-corrected chi connectivity index (χ0v) is 14.0. The van der Waals surface area contributed by atoms with Gasteiger partial charge >= 0.3 is 0 Å². The predicted octanol–water partition coefficient (Wildman–Crippen LogP) is 3.09. The van der Waals surface area contributed by atoms with Crippen molar-refractivity contribution in [1.82, 2.24) is 4.90 Å². The number of nitrogens with zero attached hydrogens (tertiary/aromatic N) is 2. The summed E-state index contributed by atoms with van der Waals surface area (Å²) in [6.07, 6.45) is 3.36. The van der Waals surface area contributed by atoms with E-state index in [1.54, 1.807) is 0 Å². The molecule has 2 aliphatic rings. The summed E-state index contributed by atoms with van der Waals surface area (Å²) in [5, 5.41) is 9.80. The molecule has 1 N–H and O–H groups in total. The number of likely N-dealkylation sites (N-methyl/N-ethyl adjacent to an activating group) is 1. The molecule has 2 heterocycles. The minimum atomic E-state index is -0.201. The number of likely N-dealkylation sites (tertiary alicyclic amines) is 1. The van der Waals surface area contributed by atoms with Crippen LogP contribution in [0, 0.1) is 5.92 Å². The molecule has 3 nitrogen and oxygen atoms in total. The molecule has 1 aromatic rings. The highest BCUT2D eigenvalue weighted by Gasteiger charge is 2.33. The van der Waals surface area contributed by atoms with Crippen molar-refractivity contribution in [2.24, 2.45) is 5.92 Å². The lowest BCUT2D eigenvalue weighted by atomic mass is 9.85. The van der Waals surface area contributed by atoms with Crippen molar-refractivity contribution in [2.75, 3.05) is 37.6 Å². The van der Waals surface area contributed by atoms with Crippen LogP contribution in [0.3, 0.4) is 0 Å². The SMILES string of the molecule is CCN1CC(CC(C)O)C(c2ccc(N3CCCC3)cc2)C1. The molecule has 2 fully saturated rings. The van der Waals surface area contributed by atoms with Crippen LogP contribution in [0.25, 0.3) is 0 Å².